The summed E-state index contributed by atoms with van der Waals surface area (Å²) in [5.74, 6) is 0.731. The van der Waals surface area contributed by atoms with Gasteiger partial charge in [0.05, 0.1) is 6.61 Å². The van der Waals surface area contributed by atoms with E-state index in [1.54, 1.807) is 0 Å². The van der Waals surface area contributed by atoms with Crippen LogP contribution < -0.4 is 10.8 Å². The van der Waals surface area contributed by atoms with Gasteiger partial charge in [0.15, 0.2) is 0 Å². The highest BCUT2D eigenvalue weighted by Crippen LogP contribution is 2.30. The lowest BCUT2D eigenvalue weighted by molar-refractivity contribution is -0.0268. The molecule has 2 aliphatic rings. The maximum Gasteiger partial charge on any atom is 0.0933 e. The Morgan fingerprint density at radius 3 is 2.62 bits per heavy atom. The zero-order valence-corrected chi connectivity index (χ0v) is 12.9. The topological polar surface area (TPSA) is 33.3 Å². The Kier molecular flexibility index (Phi) is 5.67. The summed E-state index contributed by atoms with van der Waals surface area (Å²) in [6.45, 7) is 1.85. The fourth-order valence-electron chi connectivity index (χ4n) is 3.84. The minimum atomic E-state index is 0.512. The monoisotopic (exact) mass is 288 g/mol. The van der Waals surface area contributed by atoms with E-state index in [2.05, 4.69) is 35.1 Å². The summed E-state index contributed by atoms with van der Waals surface area (Å²) in [5.41, 5.74) is 4.61. The summed E-state index contributed by atoms with van der Waals surface area (Å²) in [6.07, 6.45) is 9.34. The Morgan fingerprint density at radius 2 is 1.81 bits per heavy atom. The molecule has 1 aromatic carbocycles. The van der Waals surface area contributed by atoms with Crippen LogP contribution in [0.2, 0.25) is 0 Å². The van der Waals surface area contributed by atoms with Gasteiger partial charge in [0.1, 0.15) is 0 Å². The highest BCUT2D eigenvalue weighted by atomic mass is 16.6. The van der Waals surface area contributed by atoms with Crippen molar-refractivity contribution in [3.63, 3.8) is 0 Å². The highest BCUT2D eigenvalue weighted by molar-refractivity contribution is 5.13. The van der Waals surface area contributed by atoms with Crippen molar-refractivity contribution in [1.29, 1.82) is 0 Å². The van der Waals surface area contributed by atoms with E-state index in [4.69, 9.17) is 4.84 Å². The molecule has 1 saturated heterocycles. The fourth-order valence-corrected chi connectivity index (χ4v) is 3.84. The van der Waals surface area contributed by atoms with Crippen molar-refractivity contribution in [3.8, 4) is 0 Å². The van der Waals surface area contributed by atoms with Crippen molar-refractivity contribution in [2.75, 3.05) is 6.54 Å². The highest BCUT2D eigenvalue weighted by Gasteiger charge is 2.32. The van der Waals surface area contributed by atoms with Gasteiger partial charge in [0, 0.05) is 12.1 Å². The number of hydrogen-bond acceptors (Lipinski definition) is 3. The first kappa shape index (κ1) is 15.0. The van der Waals surface area contributed by atoms with Crippen LogP contribution in [0.4, 0.5) is 0 Å². The molecule has 3 nitrogen and oxygen atoms in total. The first-order valence-corrected chi connectivity index (χ1v) is 8.58. The Hall–Kier alpha value is -0.900. The molecule has 3 unspecified atom stereocenters. The van der Waals surface area contributed by atoms with Gasteiger partial charge in [0.25, 0.3) is 0 Å². The van der Waals surface area contributed by atoms with E-state index in [1.165, 1.54) is 57.1 Å². The molecule has 21 heavy (non-hydrogen) atoms. The van der Waals surface area contributed by atoms with E-state index in [-0.39, 0.29) is 0 Å². The lowest BCUT2D eigenvalue weighted by Gasteiger charge is -2.39. The van der Waals surface area contributed by atoms with Crippen molar-refractivity contribution in [1.82, 2.24) is 10.8 Å². The van der Waals surface area contributed by atoms with Crippen molar-refractivity contribution >= 4 is 0 Å². The summed E-state index contributed by atoms with van der Waals surface area (Å²) in [4.78, 5) is 5.80. The van der Waals surface area contributed by atoms with Crippen LogP contribution >= 0.6 is 0 Å². The SMILES string of the molecule is c1ccc(CONC2CCCCC2C2CCCCN2)cc1. The molecule has 1 heterocycles. The van der Waals surface area contributed by atoms with Crippen LogP contribution in [-0.4, -0.2) is 18.6 Å². The predicted molar refractivity (Wildman–Crippen MR) is 85.8 cm³/mol. The molecule has 3 atom stereocenters. The van der Waals surface area contributed by atoms with Crippen molar-refractivity contribution in [3.05, 3.63) is 35.9 Å². The second-order valence-electron chi connectivity index (χ2n) is 6.50. The molecule has 0 aromatic heterocycles. The molecule has 1 saturated carbocycles. The van der Waals surface area contributed by atoms with Gasteiger partial charge >= 0.3 is 0 Å². The van der Waals surface area contributed by atoms with Crippen molar-refractivity contribution < 1.29 is 4.84 Å². The van der Waals surface area contributed by atoms with Crippen LogP contribution in [0.1, 0.15) is 50.5 Å². The number of hydroxylamine groups is 1. The van der Waals surface area contributed by atoms with E-state index in [1.807, 2.05) is 6.07 Å². The van der Waals surface area contributed by atoms with Crippen LogP contribution in [0.15, 0.2) is 30.3 Å². The van der Waals surface area contributed by atoms with Gasteiger partial charge in [0.2, 0.25) is 0 Å². The maximum absolute atomic E-state index is 5.80. The molecule has 0 spiro atoms. The fraction of sp³-hybridized carbons (Fsp3) is 0.667. The Bertz CT molecular complexity index is 403. The van der Waals surface area contributed by atoms with E-state index < -0.39 is 0 Å². The number of rotatable bonds is 5. The van der Waals surface area contributed by atoms with Crippen LogP contribution in [0, 0.1) is 5.92 Å². The molecule has 0 amide bonds. The van der Waals surface area contributed by atoms with Gasteiger partial charge < -0.3 is 5.32 Å². The van der Waals surface area contributed by atoms with Crippen molar-refractivity contribution in [2.24, 2.45) is 5.92 Å². The molecular weight excluding hydrogens is 260 g/mol. The average molecular weight is 288 g/mol. The van der Waals surface area contributed by atoms with Crippen LogP contribution in [0.25, 0.3) is 0 Å². The molecule has 0 radical (unpaired) electrons. The van der Waals surface area contributed by atoms with Crippen LogP contribution in [0.5, 0.6) is 0 Å². The second kappa shape index (κ2) is 7.92. The average Bonchev–Trinajstić information content (AvgIpc) is 2.57. The molecule has 2 fully saturated rings. The van der Waals surface area contributed by atoms with E-state index in [0.717, 1.165) is 5.92 Å². The zero-order chi connectivity index (χ0) is 14.3. The number of hydrogen-bond donors (Lipinski definition) is 2. The largest absolute Gasteiger partial charge is 0.314 e. The third-order valence-corrected chi connectivity index (χ3v) is 5.00. The molecule has 1 aliphatic carbocycles. The molecule has 3 heteroatoms. The second-order valence-corrected chi connectivity index (χ2v) is 6.50. The Morgan fingerprint density at radius 1 is 1.00 bits per heavy atom. The predicted octanol–water partition coefficient (Wildman–Crippen LogP) is 3.41. The minimum absolute atomic E-state index is 0.512. The summed E-state index contributed by atoms with van der Waals surface area (Å²) in [7, 11) is 0. The molecule has 2 N–H and O–H groups in total. The van der Waals surface area contributed by atoms with E-state index in [0.29, 0.717) is 18.7 Å². The normalized spacial score (nSPS) is 30.2. The first-order chi connectivity index (χ1) is 10.4. The summed E-state index contributed by atoms with van der Waals surface area (Å²) in [6, 6.07) is 11.6. The van der Waals surface area contributed by atoms with Crippen molar-refractivity contribution in [2.45, 2.75) is 63.6 Å². The van der Waals surface area contributed by atoms with E-state index in [9.17, 15) is 0 Å². The van der Waals surface area contributed by atoms with Crippen LogP contribution in [-0.2, 0) is 11.4 Å². The Labute approximate surface area is 128 Å². The summed E-state index contributed by atoms with van der Waals surface area (Å²) in [5, 5.41) is 3.73. The quantitative estimate of drug-likeness (QED) is 0.815. The van der Waals surface area contributed by atoms with Gasteiger partial charge in [-0.25, -0.2) is 0 Å². The first-order valence-electron chi connectivity index (χ1n) is 8.58. The number of piperidine rings is 1. The molecule has 116 valence electrons. The van der Waals surface area contributed by atoms with E-state index >= 15 is 0 Å². The molecule has 3 rings (SSSR count). The zero-order valence-electron chi connectivity index (χ0n) is 12.9. The number of nitrogens with one attached hydrogen (secondary N) is 2. The minimum Gasteiger partial charge on any atom is -0.314 e. The van der Waals surface area contributed by atoms with Gasteiger partial charge in [-0.3, -0.25) is 4.84 Å². The van der Waals surface area contributed by atoms with Gasteiger partial charge in [-0.1, -0.05) is 49.6 Å². The standard InChI is InChI=1S/C18H28N2O/c1-2-8-15(9-3-1)14-21-20-18-12-5-4-10-16(18)17-11-6-7-13-19-17/h1-3,8-9,16-20H,4-7,10-14H2. The molecular formula is C18H28N2O. The van der Waals surface area contributed by atoms with Crippen LogP contribution in [0.3, 0.4) is 0 Å². The van der Waals surface area contributed by atoms with Gasteiger partial charge in [-0.2, -0.15) is 5.48 Å². The molecule has 0 bridgehead atoms. The molecule has 1 aromatic rings. The summed E-state index contributed by atoms with van der Waals surface area (Å²) >= 11 is 0. The number of benzene rings is 1. The lowest BCUT2D eigenvalue weighted by atomic mass is 9.77. The maximum atomic E-state index is 5.80. The Balaban J connectivity index is 1.49. The van der Waals surface area contributed by atoms with Gasteiger partial charge in [-0.15, -0.1) is 0 Å². The third kappa shape index (κ3) is 4.29. The summed E-state index contributed by atoms with van der Waals surface area (Å²) < 4.78 is 0. The van der Waals surface area contributed by atoms with Gasteiger partial charge in [-0.05, 0) is 43.7 Å². The lowest BCUT2D eigenvalue weighted by Crippen LogP contribution is -2.50. The third-order valence-electron chi connectivity index (χ3n) is 5.00. The molecule has 1 aliphatic heterocycles. The smallest absolute Gasteiger partial charge is 0.0933 e.